The van der Waals surface area contributed by atoms with Gasteiger partial charge in [0.1, 0.15) is 16.9 Å². The Kier molecular flexibility index (Phi) is 4.29. The van der Waals surface area contributed by atoms with Gasteiger partial charge in [-0.1, -0.05) is 44.2 Å². The number of nitrogens with zero attached hydrogens (tertiary/aromatic N) is 1. The Morgan fingerprint density at radius 2 is 1.75 bits per heavy atom. The zero-order chi connectivity index (χ0) is 17.1. The Labute approximate surface area is 139 Å². The van der Waals surface area contributed by atoms with Gasteiger partial charge in [-0.15, -0.1) is 0 Å². The number of para-hydroxylation sites is 2. The lowest BCUT2D eigenvalue weighted by atomic mass is 10.0. The molecule has 0 saturated carbocycles. The first-order valence-electron chi connectivity index (χ1n) is 7.84. The molecule has 3 aromatic rings. The summed E-state index contributed by atoms with van der Waals surface area (Å²) in [6, 6.07) is 14.5. The van der Waals surface area contributed by atoms with Gasteiger partial charge in [0.25, 0.3) is 0 Å². The molecule has 2 heterocycles. The maximum atomic E-state index is 12.1. The van der Waals surface area contributed by atoms with Crippen LogP contribution < -0.4 is 5.63 Å². The first kappa shape index (κ1) is 15.7. The van der Waals surface area contributed by atoms with E-state index in [-0.39, 0.29) is 11.3 Å². The van der Waals surface area contributed by atoms with Crippen molar-refractivity contribution in [1.82, 2.24) is 0 Å². The summed E-state index contributed by atoms with van der Waals surface area (Å²) in [7, 11) is 0. The molecule has 1 aliphatic rings. The molecule has 0 saturated heterocycles. The number of rotatable bonds is 1. The second kappa shape index (κ2) is 6.54. The highest BCUT2D eigenvalue weighted by Gasteiger charge is 2.16. The molecule has 4 nitrogen and oxygen atoms in total. The summed E-state index contributed by atoms with van der Waals surface area (Å²) in [6.07, 6.45) is 3.29. The largest absolute Gasteiger partial charge is 0.506 e. The zero-order valence-electron chi connectivity index (χ0n) is 13.5. The molecule has 0 radical (unpaired) electrons. The van der Waals surface area contributed by atoms with Crippen molar-refractivity contribution < 1.29 is 9.52 Å². The topological polar surface area (TPSA) is 62.8 Å². The van der Waals surface area contributed by atoms with Crippen molar-refractivity contribution in [3.05, 3.63) is 70.1 Å². The fourth-order valence-corrected chi connectivity index (χ4v) is 2.58. The van der Waals surface area contributed by atoms with Crippen LogP contribution in [0.1, 0.15) is 25.0 Å². The van der Waals surface area contributed by atoms with Gasteiger partial charge in [-0.2, -0.15) is 0 Å². The molecule has 1 aliphatic heterocycles. The van der Waals surface area contributed by atoms with Crippen molar-refractivity contribution in [2.45, 2.75) is 13.8 Å². The van der Waals surface area contributed by atoms with E-state index in [0.717, 1.165) is 16.8 Å². The second-order valence-electron chi connectivity index (χ2n) is 5.02. The first-order valence-corrected chi connectivity index (χ1v) is 7.84. The van der Waals surface area contributed by atoms with Crippen LogP contribution in [0.3, 0.4) is 0 Å². The van der Waals surface area contributed by atoms with Crippen molar-refractivity contribution in [3.63, 3.8) is 0 Å². The highest BCUT2D eigenvalue weighted by atomic mass is 16.4. The summed E-state index contributed by atoms with van der Waals surface area (Å²) in [5.41, 5.74) is 2.48. The summed E-state index contributed by atoms with van der Waals surface area (Å²) in [5, 5.41) is 10.9. The predicted molar refractivity (Wildman–Crippen MR) is 98.0 cm³/mol. The van der Waals surface area contributed by atoms with Crippen molar-refractivity contribution in [1.29, 1.82) is 0 Å². The number of aliphatic imine (C=N–C) groups is 1. The van der Waals surface area contributed by atoms with Gasteiger partial charge in [-0.25, -0.2) is 4.79 Å². The number of benzene rings is 2. The Bertz CT molecular complexity index is 1010. The zero-order valence-corrected chi connectivity index (χ0v) is 13.5. The molecule has 4 rings (SSSR count). The van der Waals surface area contributed by atoms with Gasteiger partial charge in [-0.3, -0.25) is 4.99 Å². The third kappa shape index (κ3) is 2.63. The maximum absolute atomic E-state index is 12.1. The van der Waals surface area contributed by atoms with E-state index in [1.165, 1.54) is 0 Å². The maximum Gasteiger partial charge on any atom is 0.347 e. The van der Waals surface area contributed by atoms with Gasteiger partial charge < -0.3 is 9.52 Å². The Morgan fingerprint density at radius 1 is 1.04 bits per heavy atom. The van der Waals surface area contributed by atoms with Gasteiger partial charge in [0.15, 0.2) is 0 Å². The monoisotopic (exact) mass is 319 g/mol. The molecular weight excluding hydrogens is 302 g/mol. The minimum absolute atomic E-state index is 0.0721. The van der Waals surface area contributed by atoms with Crippen LogP contribution >= 0.6 is 0 Å². The van der Waals surface area contributed by atoms with E-state index in [0.29, 0.717) is 11.0 Å². The lowest BCUT2D eigenvalue weighted by Crippen LogP contribution is -2.04. The molecule has 1 aromatic heterocycles. The third-order valence-corrected chi connectivity index (χ3v) is 3.68. The van der Waals surface area contributed by atoms with Crippen LogP contribution in [0.15, 0.2) is 62.7 Å². The molecule has 0 atom stereocenters. The molecule has 0 fully saturated rings. The van der Waals surface area contributed by atoms with Crippen molar-refractivity contribution >= 4 is 34.5 Å². The molecule has 1 N–H and O–H groups in total. The highest BCUT2D eigenvalue weighted by molar-refractivity contribution is 6.21. The van der Waals surface area contributed by atoms with Crippen molar-refractivity contribution in [2.75, 3.05) is 0 Å². The summed E-state index contributed by atoms with van der Waals surface area (Å²) in [4.78, 5) is 16.4. The summed E-state index contributed by atoms with van der Waals surface area (Å²) in [6.45, 7) is 4.00. The van der Waals surface area contributed by atoms with Crippen LogP contribution in [0.2, 0.25) is 0 Å². The third-order valence-electron chi connectivity index (χ3n) is 3.68. The van der Waals surface area contributed by atoms with Crippen LogP contribution in [0.5, 0.6) is 5.75 Å². The highest BCUT2D eigenvalue weighted by Crippen LogP contribution is 2.34. The van der Waals surface area contributed by atoms with Gasteiger partial charge in [-0.05, 0) is 24.3 Å². The standard InChI is InChI=1S/C18H11NO3.C2H6/c20-17-13-6-2-4-8-16(13)22-18(21)14(17)9-11-10-19-15-7-3-1-5-12(11)15;1-2/h1-10,20H;1-2H3/b11-9+;. The first-order chi connectivity index (χ1) is 11.7. The second-order valence-corrected chi connectivity index (χ2v) is 5.02. The average Bonchev–Trinajstić information content (AvgIpc) is 3.03. The summed E-state index contributed by atoms with van der Waals surface area (Å²) < 4.78 is 5.27. The minimum Gasteiger partial charge on any atom is -0.506 e. The Hall–Kier alpha value is -3.14. The van der Waals surface area contributed by atoms with Crippen LogP contribution in [0.25, 0.3) is 22.6 Å². The molecule has 24 heavy (non-hydrogen) atoms. The molecule has 0 unspecified atom stereocenters. The summed E-state index contributed by atoms with van der Waals surface area (Å²) in [5.74, 6) is -0.0721. The Balaban J connectivity index is 0.000000815. The smallest absolute Gasteiger partial charge is 0.347 e. The molecule has 2 aromatic carbocycles. The minimum atomic E-state index is -0.568. The number of hydrogen-bond acceptors (Lipinski definition) is 4. The average molecular weight is 319 g/mol. The fourth-order valence-electron chi connectivity index (χ4n) is 2.58. The Morgan fingerprint density at radius 3 is 2.58 bits per heavy atom. The predicted octanol–water partition coefficient (Wildman–Crippen LogP) is 4.78. The fraction of sp³-hybridized carbons (Fsp3) is 0.100. The van der Waals surface area contributed by atoms with Gasteiger partial charge >= 0.3 is 5.63 Å². The van der Waals surface area contributed by atoms with Crippen LogP contribution in [-0.2, 0) is 0 Å². The molecule has 0 spiro atoms. The quantitative estimate of drug-likeness (QED) is 0.656. The molecule has 0 aliphatic carbocycles. The lowest BCUT2D eigenvalue weighted by Gasteiger charge is -2.04. The molecular formula is C20H17NO3. The van der Waals surface area contributed by atoms with E-state index in [9.17, 15) is 9.90 Å². The van der Waals surface area contributed by atoms with Crippen LogP contribution in [0.4, 0.5) is 5.69 Å². The molecule has 0 bridgehead atoms. The number of hydrogen-bond donors (Lipinski definition) is 1. The number of aromatic hydroxyl groups is 1. The molecule has 4 heteroatoms. The molecule has 0 amide bonds. The van der Waals surface area contributed by atoms with Gasteiger partial charge in [0, 0.05) is 17.4 Å². The van der Waals surface area contributed by atoms with E-state index >= 15 is 0 Å². The van der Waals surface area contributed by atoms with Crippen LogP contribution in [-0.4, -0.2) is 11.3 Å². The van der Waals surface area contributed by atoms with E-state index < -0.39 is 5.63 Å². The number of fused-ring (bicyclic) bond motifs is 2. The van der Waals surface area contributed by atoms with E-state index in [1.54, 1.807) is 36.6 Å². The van der Waals surface area contributed by atoms with E-state index in [2.05, 4.69) is 4.99 Å². The van der Waals surface area contributed by atoms with Crippen LogP contribution in [0, 0.1) is 0 Å². The molecule has 120 valence electrons. The van der Waals surface area contributed by atoms with Gasteiger partial charge in [0.2, 0.25) is 0 Å². The lowest BCUT2D eigenvalue weighted by molar-refractivity contribution is 0.466. The van der Waals surface area contributed by atoms with Gasteiger partial charge in [0.05, 0.1) is 11.1 Å². The van der Waals surface area contributed by atoms with E-state index in [4.69, 9.17) is 4.42 Å². The van der Waals surface area contributed by atoms with Crippen molar-refractivity contribution in [2.24, 2.45) is 4.99 Å². The summed E-state index contributed by atoms with van der Waals surface area (Å²) >= 11 is 0. The SMILES string of the molecule is CC.O=c1oc2ccccc2c(O)c1/C=C1\C=Nc2ccccc21. The number of allylic oxidation sites excluding steroid dienone is 1. The normalized spacial score (nSPS) is 13.7. The van der Waals surface area contributed by atoms with E-state index in [1.807, 2.05) is 38.1 Å². The van der Waals surface area contributed by atoms with Crippen molar-refractivity contribution in [3.8, 4) is 5.75 Å².